The van der Waals surface area contributed by atoms with Crippen molar-refractivity contribution in [3.05, 3.63) is 59.7 Å². The summed E-state index contributed by atoms with van der Waals surface area (Å²) in [6.45, 7) is 1.72. The third-order valence-electron chi connectivity index (χ3n) is 2.96. The van der Waals surface area contributed by atoms with Crippen LogP contribution < -0.4 is 0 Å². The monoisotopic (exact) mass is 291 g/mol. The van der Waals surface area contributed by atoms with Crippen molar-refractivity contribution in [1.82, 2.24) is 4.98 Å². The van der Waals surface area contributed by atoms with Gasteiger partial charge in [0, 0.05) is 10.8 Å². The van der Waals surface area contributed by atoms with Crippen LogP contribution in [0, 0.1) is 11.6 Å². The summed E-state index contributed by atoms with van der Waals surface area (Å²) in [4.78, 5) is 4.29. The summed E-state index contributed by atoms with van der Waals surface area (Å²) in [5.41, 5.74) is 1.44. The largest absolute Gasteiger partial charge is 0.431 e. The highest BCUT2D eigenvalue weighted by Gasteiger charge is 2.19. The molecule has 2 nitrogen and oxygen atoms in total. The molecule has 1 heterocycles. The van der Waals surface area contributed by atoms with Crippen molar-refractivity contribution >= 4 is 22.9 Å². The van der Waals surface area contributed by atoms with Gasteiger partial charge in [-0.1, -0.05) is 30.0 Å². The Labute approximate surface area is 118 Å². The van der Waals surface area contributed by atoms with Crippen LogP contribution in [-0.2, 0) is 0 Å². The van der Waals surface area contributed by atoms with Crippen molar-refractivity contribution in [2.45, 2.75) is 17.4 Å². The molecule has 0 fully saturated rings. The summed E-state index contributed by atoms with van der Waals surface area (Å²) in [6, 6.07) is 11.2. The molecule has 3 rings (SSSR count). The third kappa shape index (κ3) is 2.41. The number of hydrogen-bond donors (Lipinski definition) is 0. The van der Waals surface area contributed by atoms with Crippen molar-refractivity contribution in [2.24, 2.45) is 0 Å². The van der Waals surface area contributed by atoms with Gasteiger partial charge in [-0.25, -0.2) is 13.8 Å². The summed E-state index contributed by atoms with van der Waals surface area (Å²) < 4.78 is 33.0. The minimum atomic E-state index is -0.555. The third-order valence-corrected chi connectivity index (χ3v) is 3.92. The Hall–Kier alpha value is -1.88. The average Bonchev–Trinajstić information content (AvgIpc) is 2.80. The molecule has 2 aromatic carbocycles. The molecule has 0 saturated heterocycles. The zero-order valence-corrected chi connectivity index (χ0v) is 11.5. The van der Waals surface area contributed by atoms with Gasteiger partial charge in [0.25, 0.3) is 5.22 Å². The van der Waals surface area contributed by atoms with Gasteiger partial charge in [0.05, 0.1) is 0 Å². The maximum atomic E-state index is 13.7. The highest BCUT2D eigenvalue weighted by Crippen LogP contribution is 2.37. The summed E-state index contributed by atoms with van der Waals surface area (Å²) in [5.74, 6) is -1.11. The minimum Gasteiger partial charge on any atom is -0.431 e. The quantitative estimate of drug-likeness (QED) is 0.638. The SMILES string of the molecule is CC(Sc1nc2ccccc2o1)c1c(F)cccc1F. The van der Waals surface area contributed by atoms with Gasteiger partial charge in [-0.15, -0.1) is 0 Å². The van der Waals surface area contributed by atoms with E-state index in [0.29, 0.717) is 10.8 Å². The zero-order valence-electron chi connectivity index (χ0n) is 10.6. The number of benzene rings is 2. The first-order chi connectivity index (χ1) is 9.65. The van der Waals surface area contributed by atoms with E-state index < -0.39 is 16.9 Å². The van der Waals surface area contributed by atoms with Gasteiger partial charge in [-0.2, -0.15) is 0 Å². The van der Waals surface area contributed by atoms with Crippen LogP contribution in [0.1, 0.15) is 17.7 Å². The fraction of sp³-hybridized carbons (Fsp3) is 0.133. The smallest absolute Gasteiger partial charge is 0.257 e. The van der Waals surface area contributed by atoms with Gasteiger partial charge in [-0.05, 0) is 31.2 Å². The van der Waals surface area contributed by atoms with E-state index in [0.717, 1.165) is 5.52 Å². The number of halogens is 2. The second kappa shape index (κ2) is 5.25. The lowest BCUT2D eigenvalue weighted by Gasteiger charge is -2.10. The van der Waals surface area contributed by atoms with E-state index in [4.69, 9.17) is 4.42 Å². The Bertz CT molecular complexity index is 703. The lowest BCUT2D eigenvalue weighted by atomic mass is 10.1. The Kier molecular flexibility index (Phi) is 3.44. The molecule has 20 heavy (non-hydrogen) atoms. The first-order valence-corrected chi connectivity index (χ1v) is 6.99. The van der Waals surface area contributed by atoms with E-state index in [9.17, 15) is 8.78 Å². The Balaban J connectivity index is 1.90. The number of fused-ring (bicyclic) bond motifs is 1. The molecule has 1 aromatic heterocycles. The fourth-order valence-electron chi connectivity index (χ4n) is 2.01. The van der Waals surface area contributed by atoms with Gasteiger partial charge in [-0.3, -0.25) is 0 Å². The molecular weight excluding hydrogens is 280 g/mol. The van der Waals surface area contributed by atoms with Gasteiger partial charge in [0.1, 0.15) is 17.2 Å². The topological polar surface area (TPSA) is 26.0 Å². The van der Waals surface area contributed by atoms with Crippen LogP contribution in [0.15, 0.2) is 52.1 Å². The summed E-state index contributed by atoms with van der Waals surface area (Å²) >= 11 is 1.19. The molecule has 3 aromatic rings. The van der Waals surface area contributed by atoms with Crippen LogP contribution in [0.5, 0.6) is 0 Å². The Morgan fingerprint density at radius 3 is 2.45 bits per heavy atom. The predicted molar refractivity (Wildman–Crippen MR) is 74.6 cm³/mol. The molecule has 0 amide bonds. The van der Waals surface area contributed by atoms with E-state index >= 15 is 0 Å². The van der Waals surface area contributed by atoms with Crippen LogP contribution in [0.25, 0.3) is 11.1 Å². The van der Waals surface area contributed by atoms with Crippen molar-refractivity contribution < 1.29 is 13.2 Å². The van der Waals surface area contributed by atoms with E-state index in [2.05, 4.69) is 4.98 Å². The van der Waals surface area contributed by atoms with Crippen molar-refractivity contribution in [3.63, 3.8) is 0 Å². The maximum absolute atomic E-state index is 13.7. The second-order valence-electron chi connectivity index (χ2n) is 4.34. The minimum absolute atomic E-state index is 0.0414. The van der Waals surface area contributed by atoms with Gasteiger partial charge in [0.15, 0.2) is 5.58 Å². The number of thioether (sulfide) groups is 1. The number of para-hydroxylation sites is 2. The average molecular weight is 291 g/mol. The fourth-order valence-corrected chi connectivity index (χ4v) is 2.95. The zero-order chi connectivity index (χ0) is 14.1. The number of rotatable bonds is 3. The molecule has 1 unspecified atom stereocenters. The number of hydrogen-bond acceptors (Lipinski definition) is 3. The van der Waals surface area contributed by atoms with Crippen LogP contribution >= 0.6 is 11.8 Å². The van der Waals surface area contributed by atoms with Gasteiger partial charge >= 0.3 is 0 Å². The van der Waals surface area contributed by atoms with Gasteiger partial charge in [0.2, 0.25) is 0 Å². The normalized spacial score (nSPS) is 12.8. The maximum Gasteiger partial charge on any atom is 0.257 e. The summed E-state index contributed by atoms with van der Waals surface area (Å²) in [6.07, 6.45) is 0. The molecule has 0 aliphatic heterocycles. The molecule has 0 aliphatic rings. The molecule has 102 valence electrons. The summed E-state index contributed by atoms with van der Waals surface area (Å²) in [7, 11) is 0. The van der Waals surface area contributed by atoms with Crippen LogP contribution in [0.2, 0.25) is 0 Å². The highest BCUT2D eigenvalue weighted by molar-refractivity contribution is 7.99. The molecule has 1 atom stereocenters. The molecule has 0 bridgehead atoms. The molecule has 0 saturated carbocycles. The first-order valence-electron chi connectivity index (χ1n) is 6.11. The van der Waals surface area contributed by atoms with Crippen molar-refractivity contribution in [3.8, 4) is 0 Å². The van der Waals surface area contributed by atoms with Crippen molar-refractivity contribution in [2.75, 3.05) is 0 Å². The van der Waals surface area contributed by atoms with Crippen LogP contribution in [0.4, 0.5) is 8.78 Å². The molecule has 0 spiro atoms. The van der Waals surface area contributed by atoms with Crippen molar-refractivity contribution in [1.29, 1.82) is 0 Å². The Morgan fingerprint density at radius 1 is 1.05 bits per heavy atom. The lowest BCUT2D eigenvalue weighted by Crippen LogP contribution is -1.97. The van der Waals surface area contributed by atoms with E-state index in [1.165, 1.54) is 30.0 Å². The van der Waals surface area contributed by atoms with E-state index in [1.807, 2.05) is 18.2 Å². The predicted octanol–water partition coefficient (Wildman–Crippen LogP) is 4.96. The second-order valence-corrected chi connectivity index (χ2v) is 5.63. The van der Waals surface area contributed by atoms with Gasteiger partial charge < -0.3 is 4.42 Å². The molecular formula is C15H11F2NOS. The van der Waals surface area contributed by atoms with E-state index in [1.54, 1.807) is 13.0 Å². The van der Waals surface area contributed by atoms with Crippen LogP contribution in [-0.4, -0.2) is 4.98 Å². The number of aromatic nitrogens is 1. The number of oxazole rings is 1. The molecule has 0 N–H and O–H groups in total. The lowest BCUT2D eigenvalue weighted by molar-refractivity contribution is 0.487. The standard InChI is InChI=1S/C15H11F2NOS/c1-9(14-10(16)5-4-6-11(14)17)20-15-18-12-7-2-3-8-13(12)19-15/h2-9H,1H3. The van der Waals surface area contributed by atoms with E-state index in [-0.39, 0.29) is 5.56 Å². The molecule has 0 radical (unpaired) electrons. The summed E-state index contributed by atoms with van der Waals surface area (Å²) in [5, 5.41) is -0.0226. The highest BCUT2D eigenvalue weighted by atomic mass is 32.2. The molecule has 5 heteroatoms. The first kappa shape index (κ1) is 13.1. The molecule has 0 aliphatic carbocycles. The van der Waals surface area contributed by atoms with Crippen LogP contribution in [0.3, 0.4) is 0 Å². The Morgan fingerprint density at radius 2 is 1.75 bits per heavy atom. The number of nitrogens with zero attached hydrogens (tertiary/aromatic N) is 1.